The highest BCUT2D eigenvalue weighted by atomic mass is 16.5. The van der Waals surface area contributed by atoms with Crippen molar-refractivity contribution in [1.82, 2.24) is 15.8 Å². The predicted molar refractivity (Wildman–Crippen MR) is 88.9 cm³/mol. The van der Waals surface area contributed by atoms with Gasteiger partial charge in [0.05, 0.1) is 31.7 Å². The molecule has 25 heavy (non-hydrogen) atoms. The summed E-state index contributed by atoms with van der Waals surface area (Å²) in [7, 11) is 1.61. The summed E-state index contributed by atoms with van der Waals surface area (Å²) in [6.07, 6.45) is -1.28. The Morgan fingerprint density at radius 1 is 1.28 bits per heavy atom. The molecular formula is C17H23N3O5. The molecule has 2 aliphatic rings. The van der Waals surface area contributed by atoms with Gasteiger partial charge in [-0.3, -0.25) is 10.2 Å². The fourth-order valence-corrected chi connectivity index (χ4v) is 3.36. The highest BCUT2D eigenvalue weighted by Crippen LogP contribution is 2.29. The molecule has 2 fully saturated rings. The fourth-order valence-electron chi connectivity index (χ4n) is 3.36. The number of nitrogens with zero attached hydrogens (tertiary/aromatic N) is 1. The van der Waals surface area contributed by atoms with Crippen LogP contribution in [0.2, 0.25) is 0 Å². The Kier molecular flexibility index (Phi) is 5.22. The molecule has 2 saturated heterocycles. The molecule has 0 aromatic heterocycles. The minimum absolute atomic E-state index is 0.0697. The van der Waals surface area contributed by atoms with Crippen molar-refractivity contribution in [1.29, 1.82) is 0 Å². The van der Waals surface area contributed by atoms with Crippen molar-refractivity contribution in [3.8, 4) is 5.75 Å². The number of carbonyl (C=O) groups is 2. The molecule has 136 valence electrons. The number of rotatable bonds is 4. The summed E-state index contributed by atoms with van der Waals surface area (Å²) in [4.78, 5) is 25.8. The molecule has 8 heteroatoms. The van der Waals surface area contributed by atoms with Crippen molar-refractivity contribution in [3.05, 3.63) is 29.8 Å². The van der Waals surface area contributed by atoms with E-state index in [-0.39, 0.29) is 30.5 Å². The quantitative estimate of drug-likeness (QED) is 0.712. The van der Waals surface area contributed by atoms with Gasteiger partial charge in [0, 0.05) is 13.1 Å². The number of ether oxygens (including phenoxy) is 2. The van der Waals surface area contributed by atoms with Crippen LogP contribution in [0.3, 0.4) is 0 Å². The summed E-state index contributed by atoms with van der Waals surface area (Å²) >= 11 is 0. The summed E-state index contributed by atoms with van der Waals surface area (Å²) in [6.45, 7) is 2.74. The molecule has 3 unspecified atom stereocenters. The van der Waals surface area contributed by atoms with E-state index in [0.29, 0.717) is 13.1 Å². The molecule has 3 N–H and O–H groups in total. The minimum atomic E-state index is -1.04. The highest BCUT2D eigenvalue weighted by molar-refractivity contribution is 5.82. The monoisotopic (exact) mass is 349 g/mol. The number of carboxylic acid groups (broad SMARTS) is 1. The van der Waals surface area contributed by atoms with Crippen LogP contribution in [-0.2, 0) is 14.3 Å². The number of aliphatic carboxylic acids is 1. The lowest BCUT2D eigenvalue weighted by atomic mass is 9.93. The summed E-state index contributed by atoms with van der Waals surface area (Å²) in [5, 5.41) is 9.20. The van der Waals surface area contributed by atoms with Crippen molar-refractivity contribution in [3.63, 3.8) is 0 Å². The lowest BCUT2D eigenvalue weighted by Gasteiger charge is -2.36. The Labute approximate surface area is 146 Å². The topological polar surface area (TPSA) is 100 Å². The van der Waals surface area contributed by atoms with Crippen LogP contribution in [-0.4, -0.2) is 60.8 Å². The zero-order valence-electron chi connectivity index (χ0n) is 14.3. The van der Waals surface area contributed by atoms with Crippen molar-refractivity contribution in [2.24, 2.45) is 5.92 Å². The average Bonchev–Trinajstić information content (AvgIpc) is 3.10. The van der Waals surface area contributed by atoms with Crippen LogP contribution >= 0.6 is 0 Å². The standard InChI is InChI=1S/C17H23N3O5/c1-10-8-20(9-14(25-10)17(22)23)16(21)13-7-18-19-15(13)11-3-5-12(24-2)6-4-11/h3-6,10,13-15,18-19H,7-9H2,1-2H3,(H,22,23)/t10-,13?,14?,15?/m1/s1. The summed E-state index contributed by atoms with van der Waals surface area (Å²) in [5.74, 6) is -0.671. The van der Waals surface area contributed by atoms with E-state index >= 15 is 0 Å². The van der Waals surface area contributed by atoms with Crippen molar-refractivity contribution in [2.45, 2.75) is 25.2 Å². The highest BCUT2D eigenvalue weighted by Gasteiger charge is 2.40. The maximum Gasteiger partial charge on any atom is 0.334 e. The van der Waals surface area contributed by atoms with Gasteiger partial charge in [0.25, 0.3) is 0 Å². The first-order valence-corrected chi connectivity index (χ1v) is 8.29. The van der Waals surface area contributed by atoms with Gasteiger partial charge in [-0.05, 0) is 24.6 Å². The van der Waals surface area contributed by atoms with Gasteiger partial charge < -0.3 is 19.5 Å². The van der Waals surface area contributed by atoms with Gasteiger partial charge in [-0.25, -0.2) is 10.2 Å². The van der Waals surface area contributed by atoms with Gasteiger partial charge in [-0.1, -0.05) is 12.1 Å². The molecule has 3 rings (SSSR count). The number of nitrogens with one attached hydrogen (secondary N) is 2. The van der Waals surface area contributed by atoms with E-state index in [1.807, 2.05) is 24.3 Å². The molecule has 1 aromatic carbocycles. The number of carbonyl (C=O) groups excluding carboxylic acids is 1. The third kappa shape index (κ3) is 3.76. The molecule has 1 amide bonds. The van der Waals surface area contributed by atoms with E-state index in [1.54, 1.807) is 18.9 Å². The van der Waals surface area contributed by atoms with E-state index in [9.17, 15) is 14.7 Å². The molecule has 4 atom stereocenters. The number of morpholine rings is 1. The second-order valence-electron chi connectivity index (χ2n) is 6.40. The summed E-state index contributed by atoms with van der Waals surface area (Å²) < 4.78 is 10.6. The molecule has 0 saturated carbocycles. The third-order valence-electron chi connectivity index (χ3n) is 4.62. The first kappa shape index (κ1) is 17.7. The second-order valence-corrected chi connectivity index (χ2v) is 6.40. The predicted octanol–water partition coefficient (Wildman–Crippen LogP) is 0.161. The molecular weight excluding hydrogens is 326 g/mol. The van der Waals surface area contributed by atoms with Gasteiger partial charge in [0.2, 0.25) is 5.91 Å². The van der Waals surface area contributed by atoms with Crippen LogP contribution in [0.15, 0.2) is 24.3 Å². The third-order valence-corrected chi connectivity index (χ3v) is 4.62. The van der Waals surface area contributed by atoms with Crippen LogP contribution in [0.5, 0.6) is 5.75 Å². The smallest absolute Gasteiger partial charge is 0.334 e. The zero-order chi connectivity index (χ0) is 18.0. The van der Waals surface area contributed by atoms with E-state index < -0.39 is 12.1 Å². The van der Waals surface area contributed by atoms with E-state index in [1.165, 1.54) is 0 Å². The summed E-state index contributed by atoms with van der Waals surface area (Å²) in [6, 6.07) is 7.37. The largest absolute Gasteiger partial charge is 0.497 e. The maximum absolute atomic E-state index is 13.0. The molecule has 0 bridgehead atoms. The fraction of sp³-hybridized carbons (Fsp3) is 0.529. The Balaban J connectivity index is 1.74. The number of benzene rings is 1. The zero-order valence-corrected chi connectivity index (χ0v) is 14.3. The lowest BCUT2D eigenvalue weighted by molar-refractivity contribution is -0.167. The first-order chi connectivity index (χ1) is 12.0. The Morgan fingerprint density at radius 2 is 2.00 bits per heavy atom. The maximum atomic E-state index is 13.0. The SMILES string of the molecule is COc1ccc(C2NNCC2C(=O)N2CC(C(=O)O)O[C@H](C)C2)cc1. The number of hydrazine groups is 1. The van der Waals surface area contributed by atoms with E-state index in [4.69, 9.17) is 9.47 Å². The minimum Gasteiger partial charge on any atom is -0.497 e. The van der Waals surface area contributed by atoms with Crippen molar-refractivity contribution < 1.29 is 24.2 Å². The molecule has 0 spiro atoms. The molecule has 1 aromatic rings. The average molecular weight is 349 g/mol. The van der Waals surface area contributed by atoms with Crippen LogP contribution in [0.4, 0.5) is 0 Å². The lowest BCUT2D eigenvalue weighted by Crippen LogP contribution is -2.53. The van der Waals surface area contributed by atoms with Crippen LogP contribution < -0.4 is 15.6 Å². The van der Waals surface area contributed by atoms with Crippen LogP contribution in [0.25, 0.3) is 0 Å². The summed E-state index contributed by atoms with van der Waals surface area (Å²) in [5.41, 5.74) is 7.15. The van der Waals surface area contributed by atoms with E-state index in [2.05, 4.69) is 10.9 Å². The number of methoxy groups -OCH3 is 1. The van der Waals surface area contributed by atoms with E-state index in [0.717, 1.165) is 11.3 Å². The van der Waals surface area contributed by atoms with Crippen molar-refractivity contribution >= 4 is 11.9 Å². The first-order valence-electron chi connectivity index (χ1n) is 8.29. The number of carboxylic acids is 1. The van der Waals surface area contributed by atoms with Crippen LogP contribution in [0.1, 0.15) is 18.5 Å². The Morgan fingerprint density at radius 3 is 2.64 bits per heavy atom. The van der Waals surface area contributed by atoms with Gasteiger partial charge >= 0.3 is 5.97 Å². The normalized spacial score (nSPS) is 29.4. The number of amides is 1. The van der Waals surface area contributed by atoms with Gasteiger partial charge in [0.15, 0.2) is 6.10 Å². The van der Waals surface area contributed by atoms with Crippen LogP contribution in [0, 0.1) is 5.92 Å². The Hall–Kier alpha value is -2.16. The second kappa shape index (κ2) is 7.38. The van der Waals surface area contributed by atoms with Crippen molar-refractivity contribution in [2.75, 3.05) is 26.7 Å². The molecule has 2 aliphatic heterocycles. The van der Waals surface area contributed by atoms with Gasteiger partial charge in [0.1, 0.15) is 5.75 Å². The molecule has 0 aliphatic carbocycles. The Bertz CT molecular complexity index is 636. The van der Waals surface area contributed by atoms with Gasteiger partial charge in [-0.2, -0.15) is 0 Å². The molecule has 0 radical (unpaired) electrons. The molecule has 8 nitrogen and oxygen atoms in total. The van der Waals surface area contributed by atoms with Gasteiger partial charge in [-0.15, -0.1) is 0 Å². The number of hydrogen-bond acceptors (Lipinski definition) is 6. The molecule has 2 heterocycles. The number of hydrogen-bond donors (Lipinski definition) is 3.